The van der Waals surface area contributed by atoms with Crippen LogP contribution in [0.4, 0.5) is 0 Å². The van der Waals surface area contributed by atoms with Gasteiger partial charge < -0.3 is 25.4 Å². The molecule has 0 aromatic rings. The fraction of sp³-hybridized carbons (Fsp3) is 0.842. The molecule has 2 unspecified atom stereocenters. The molecule has 152 valence electrons. The number of amides is 3. The number of nitrogens with one attached hydrogen (secondary N) is 2. The summed E-state index contributed by atoms with van der Waals surface area (Å²) in [5.41, 5.74) is -2.20. The third-order valence-corrected chi connectivity index (χ3v) is 6.11. The zero-order chi connectivity index (χ0) is 20.2. The molecule has 3 rings (SSSR count). The maximum Gasteiger partial charge on any atom is 0.246 e. The Kier molecular flexibility index (Phi) is 4.79. The van der Waals surface area contributed by atoms with E-state index in [9.17, 15) is 19.5 Å². The van der Waals surface area contributed by atoms with Crippen LogP contribution in [-0.4, -0.2) is 70.7 Å². The van der Waals surface area contributed by atoms with Gasteiger partial charge in [0.25, 0.3) is 0 Å². The molecule has 27 heavy (non-hydrogen) atoms. The summed E-state index contributed by atoms with van der Waals surface area (Å²) < 4.78 is 6.39. The number of carbonyl (C=O) groups excluding carboxylic acids is 3. The van der Waals surface area contributed by atoms with Crippen molar-refractivity contribution in [2.24, 2.45) is 11.8 Å². The van der Waals surface area contributed by atoms with E-state index in [1.165, 1.54) is 4.90 Å². The van der Waals surface area contributed by atoms with Gasteiger partial charge in [0, 0.05) is 25.7 Å². The monoisotopic (exact) mass is 381 g/mol. The average molecular weight is 381 g/mol. The fourth-order valence-electron chi connectivity index (χ4n) is 5.20. The van der Waals surface area contributed by atoms with E-state index in [0.29, 0.717) is 19.3 Å². The highest BCUT2D eigenvalue weighted by atomic mass is 16.5. The predicted octanol–water partition coefficient (Wildman–Crippen LogP) is -0.206. The smallest absolute Gasteiger partial charge is 0.246 e. The number of aliphatic hydroxyl groups excluding tert-OH is 1. The van der Waals surface area contributed by atoms with Crippen LogP contribution in [0.25, 0.3) is 0 Å². The van der Waals surface area contributed by atoms with Crippen LogP contribution in [0.3, 0.4) is 0 Å². The molecule has 0 aromatic carbocycles. The number of hydrogen-bond donors (Lipinski definition) is 3. The number of fused-ring (bicyclic) bond motifs is 1. The first-order valence-electron chi connectivity index (χ1n) is 9.66. The second-order valence-corrected chi connectivity index (χ2v) is 9.19. The minimum atomic E-state index is -0.992. The number of hydrogen-bond acceptors (Lipinski definition) is 5. The SMILES string of the molecule is CNC(=O)[C@H]1[C@H]2C(=O)N(CCCO)C(C(=O)NC(C)(C)C)C23CC[C@]1(C)O3. The molecule has 3 N–H and O–H groups in total. The van der Waals surface area contributed by atoms with Crippen LogP contribution in [0.5, 0.6) is 0 Å². The zero-order valence-corrected chi connectivity index (χ0v) is 16.8. The fourth-order valence-corrected chi connectivity index (χ4v) is 5.20. The standard InChI is InChI=1S/C19H31N3O5/c1-17(2,3)21-15(25)13-19-8-7-18(4,27-19)11(14(24)20-5)12(19)16(26)22(13)9-6-10-23/h11-13,23H,6-10H2,1-5H3,(H,20,24)(H,21,25)/t11-,12+,13?,18+,19?/m1/s1. The van der Waals surface area contributed by atoms with Crippen molar-refractivity contribution >= 4 is 17.7 Å². The van der Waals surface area contributed by atoms with E-state index < -0.39 is 34.6 Å². The van der Waals surface area contributed by atoms with E-state index in [4.69, 9.17) is 4.74 Å². The Hall–Kier alpha value is -1.67. The molecule has 8 nitrogen and oxygen atoms in total. The number of ether oxygens (including phenoxy) is 1. The summed E-state index contributed by atoms with van der Waals surface area (Å²) in [6.07, 6.45) is 1.56. The van der Waals surface area contributed by atoms with Crippen LogP contribution in [0, 0.1) is 11.8 Å². The molecule has 3 saturated heterocycles. The molecule has 8 heteroatoms. The summed E-state index contributed by atoms with van der Waals surface area (Å²) in [7, 11) is 1.55. The van der Waals surface area contributed by atoms with Crippen molar-refractivity contribution in [2.45, 2.75) is 69.7 Å². The first-order chi connectivity index (χ1) is 12.5. The van der Waals surface area contributed by atoms with Crippen LogP contribution in [0.15, 0.2) is 0 Å². The molecule has 3 aliphatic rings. The third kappa shape index (κ3) is 2.93. The molecular weight excluding hydrogens is 350 g/mol. The Morgan fingerprint density at radius 1 is 1.30 bits per heavy atom. The van der Waals surface area contributed by atoms with Crippen molar-refractivity contribution in [3.8, 4) is 0 Å². The van der Waals surface area contributed by atoms with Gasteiger partial charge in [0.05, 0.1) is 17.4 Å². The second-order valence-electron chi connectivity index (χ2n) is 9.19. The van der Waals surface area contributed by atoms with Gasteiger partial charge in [-0.1, -0.05) is 0 Å². The Morgan fingerprint density at radius 2 is 1.96 bits per heavy atom. The predicted molar refractivity (Wildman–Crippen MR) is 97.6 cm³/mol. The Morgan fingerprint density at radius 3 is 2.52 bits per heavy atom. The molecule has 3 aliphatic heterocycles. The summed E-state index contributed by atoms with van der Waals surface area (Å²) in [6.45, 7) is 7.70. The lowest BCUT2D eigenvalue weighted by Crippen LogP contribution is -2.58. The van der Waals surface area contributed by atoms with Crippen LogP contribution >= 0.6 is 0 Å². The number of likely N-dealkylation sites (tertiary alicyclic amines) is 1. The molecule has 3 fully saturated rings. The van der Waals surface area contributed by atoms with E-state index in [2.05, 4.69) is 10.6 Å². The Bertz CT molecular complexity index is 660. The van der Waals surface area contributed by atoms with Crippen molar-refractivity contribution in [3.05, 3.63) is 0 Å². The maximum atomic E-state index is 13.3. The largest absolute Gasteiger partial charge is 0.396 e. The molecular formula is C19H31N3O5. The van der Waals surface area contributed by atoms with Gasteiger partial charge in [-0.3, -0.25) is 14.4 Å². The van der Waals surface area contributed by atoms with Crippen molar-refractivity contribution < 1.29 is 24.2 Å². The lowest BCUT2D eigenvalue weighted by molar-refractivity contribution is -0.146. The lowest BCUT2D eigenvalue weighted by Gasteiger charge is -2.35. The van der Waals surface area contributed by atoms with Gasteiger partial charge in [-0.05, 0) is 47.0 Å². The van der Waals surface area contributed by atoms with Gasteiger partial charge >= 0.3 is 0 Å². The summed E-state index contributed by atoms with van der Waals surface area (Å²) >= 11 is 0. The van der Waals surface area contributed by atoms with E-state index >= 15 is 0 Å². The molecule has 3 amide bonds. The minimum Gasteiger partial charge on any atom is -0.396 e. The number of carbonyl (C=O) groups is 3. The third-order valence-electron chi connectivity index (χ3n) is 6.11. The molecule has 0 radical (unpaired) electrons. The first-order valence-corrected chi connectivity index (χ1v) is 9.66. The maximum absolute atomic E-state index is 13.3. The highest BCUT2D eigenvalue weighted by Crippen LogP contribution is 2.63. The van der Waals surface area contributed by atoms with Gasteiger partial charge in [-0.2, -0.15) is 0 Å². The average Bonchev–Trinajstić information content (AvgIpc) is 3.12. The van der Waals surface area contributed by atoms with Crippen molar-refractivity contribution in [2.75, 3.05) is 20.2 Å². The summed E-state index contributed by atoms with van der Waals surface area (Å²) in [6, 6.07) is -0.794. The second kappa shape index (κ2) is 6.44. The minimum absolute atomic E-state index is 0.0769. The van der Waals surface area contributed by atoms with Gasteiger partial charge in [-0.25, -0.2) is 0 Å². The lowest BCUT2D eigenvalue weighted by atomic mass is 9.66. The van der Waals surface area contributed by atoms with Crippen molar-refractivity contribution in [1.29, 1.82) is 0 Å². The molecule has 2 bridgehead atoms. The van der Waals surface area contributed by atoms with Gasteiger partial charge in [0.15, 0.2) is 0 Å². The molecule has 0 aliphatic carbocycles. The van der Waals surface area contributed by atoms with E-state index in [1.54, 1.807) is 7.05 Å². The zero-order valence-electron chi connectivity index (χ0n) is 16.8. The number of aliphatic hydroxyl groups is 1. The topological polar surface area (TPSA) is 108 Å². The van der Waals surface area contributed by atoms with Crippen LogP contribution < -0.4 is 10.6 Å². The summed E-state index contributed by atoms with van der Waals surface area (Å²) in [5, 5.41) is 14.9. The highest BCUT2D eigenvalue weighted by molar-refractivity contribution is 5.99. The van der Waals surface area contributed by atoms with E-state index in [-0.39, 0.29) is 30.9 Å². The van der Waals surface area contributed by atoms with Gasteiger partial charge in [0.2, 0.25) is 17.7 Å². The van der Waals surface area contributed by atoms with E-state index in [1.807, 2.05) is 27.7 Å². The molecule has 3 heterocycles. The quantitative estimate of drug-likeness (QED) is 0.611. The normalized spacial score (nSPS) is 37.5. The Labute approximate surface area is 160 Å². The highest BCUT2D eigenvalue weighted by Gasteiger charge is 2.77. The van der Waals surface area contributed by atoms with Gasteiger partial charge in [0.1, 0.15) is 11.6 Å². The van der Waals surface area contributed by atoms with Crippen LogP contribution in [0.1, 0.15) is 47.0 Å². The van der Waals surface area contributed by atoms with Crippen LogP contribution in [-0.2, 0) is 19.1 Å². The Balaban J connectivity index is 2.04. The van der Waals surface area contributed by atoms with Crippen molar-refractivity contribution in [3.63, 3.8) is 0 Å². The van der Waals surface area contributed by atoms with E-state index in [0.717, 1.165) is 0 Å². The number of nitrogens with zero attached hydrogens (tertiary/aromatic N) is 1. The summed E-state index contributed by atoms with van der Waals surface area (Å²) in [4.78, 5) is 40.7. The molecule has 0 saturated carbocycles. The molecule has 5 atom stereocenters. The van der Waals surface area contributed by atoms with Crippen LogP contribution in [0.2, 0.25) is 0 Å². The van der Waals surface area contributed by atoms with Crippen molar-refractivity contribution in [1.82, 2.24) is 15.5 Å². The number of rotatable bonds is 5. The molecule has 1 spiro atoms. The molecule has 0 aromatic heterocycles. The summed E-state index contributed by atoms with van der Waals surface area (Å²) in [5.74, 6) is -2.01. The first kappa shape index (κ1) is 20.1. The van der Waals surface area contributed by atoms with Gasteiger partial charge in [-0.15, -0.1) is 0 Å².